The molecule has 0 spiro atoms. The first-order valence-corrected chi connectivity index (χ1v) is 6.77. The third-order valence-corrected chi connectivity index (χ3v) is 3.12. The molecule has 3 nitrogen and oxygen atoms in total. The molecular formula is C15H26N2O. The van der Waals surface area contributed by atoms with E-state index in [9.17, 15) is 0 Å². The van der Waals surface area contributed by atoms with Gasteiger partial charge in [0.05, 0.1) is 6.61 Å². The summed E-state index contributed by atoms with van der Waals surface area (Å²) in [6, 6.07) is 8.83. The number of nitrogens with zero attached hydrogens (tertiary/aromatic N) is 1. The summed E-state index contributed by atoms with van der Waals surface area (Å²) in [5.41, 5.74) is 2.69. The Labute approximate surface area is 111 Å². The fourth-order valence-electron chi connectivity index (χ4n) is 1.86. The molecule has 0 heterocycles. The third-order valence-electron chi connectivity index (χ3n) is 3.12. The molecule has 0 saturated carbocycles. The fraction of sp³-hybridized carbons (Fsp3) is 0.600. The Morgan fingerprint density at radius 3 is 2.50 bits per heavy atom. The van der Waals surface area contributed by atoms with Crippen LogP contribution in [-0.4, -0.2) is 40.4 Å². The highest BCUT2D eigenvalue weighted by atomic mass is 16.5. The summed E-state index contributed by atoms with van der Waals surface area (Å²) >= 11 is 0. The predicted octanol–water partition coefficient (Wildman–Crippen LogP) is 2.31. The SMILES string of the molecule is CCc1ccc(N(C)CCCNCCOC)cc1. The molecule has 0 atom stereocenters. The minimum atomic E-state index is 0.786. The van der Waals surface area contributed by atoms with Crippen LogP contribution in [0.5, 0.6) is 0 Å². The molecule has 1 aromatic carbocycles. The van der Waals surface area contributed by atoms with E-state index in [0.29, 0.717) is 0 Å². The van der Waals surface area contributed by atoms with Gasteiger partial charge in [0.25, 0.3) is 0 Å². The third kappa shape index (κ3) is 5.52. The Hall–Kier alpha value is -1.06. The number of anilines is 1. The van der Waals surface area contributed by atoms with E-state index in [1.54, 1.807) is 7.11 Å². The minimum absolute atomic E-state index is 0.786. The molecule has 1 N–H and O–H groups in total. The Bertz CT molecular complexity index is 311. The zero-order valence-corrected chi connectivity index (χ0v) is 11.9. The minimum Gasteiger partial charge on any atom is -0.383 e. The van der Waals surface area contributed by atoms with E-state index in [1.807, 2.05) is 0 Å². The number of aryl methyl sites for hydroxylation is 1. The lowest BCUT2D eigenvalue weighted by atomic mass is 10.1. The monoisotopic (exact) mass is 250 g/mol. The number of rotatable bonds is 9. The van der Waals surface area contributed by atoms with Gasteiger partial charge in [0.2, 0.25) is 0 Å². The maximum absolute atomic E-state index is 4.99. The van der Waals surface area contributed by atoms with Gasteiger partial charge in [-0.2, -0.15) is 0 Å². The van der Waals surface area contributed by atoms with Crippen LogP contribution >= 0.6 is 0 Å². The summed E-state index contributed by atoms with van der Waals surface area (Å²) in [6.45, 7) is 6.02. The van der Waals surface area contributed by atoms with Gasteiger partial charge in [-0.15, -0.1) is 0 Å². The van der Waals surface area contributed by atoms with Crippen molar-refractivity contribution in [3.8, 4) is 0 Å². The van der Waals surface area contributed by atoms with Crippen LogP contribution in [0.3, 0.4) is 0 Å². The second kappa shape index (κ2) is 8.95. The van der Waals surface area contributed by atoms with Gasteiger partial charge >= 0.3 is 0 Å². The van der Waals surface area contributed by atoms with Crippen molar-refractivity contribution in [3.05, 3.63) is 29.8 Å². The summed E-state index contributed by atoms with van der Waals surface area (Å²) in [7, 11) is 3.88. The van der Waals surface area contributed by atoms with Gasteiger partial charge in [0, 0.05) is 32.9 Å². The van der Waals surface area contributed by atoms with Crippen LogP contribution in [0.15, 0.2) is 24.3 Å². The van der Waals surface area contributed by atoms with Gasteiger partial charge < -0.3 is 15.0 Å². The molecule has 0 aliphatic carbocycles. The standard InChI is InChI=1S/C15H26N2O/c1-4-14-6-8-15(9-7-14)17(2)12-5-10-16-11-13-18-3/h6-9,16H,4-5,10-13H2,1-3H3. The molecule has 3 heteroatoms. The Balaban J connectivity index is 2.21. The molecule has 0 amide bonds. The molecule has 0 radical (unpaired) electrons. The first kappa shape index (κ1) is 15.0. The average molecular weight is 250 g/mol. The molecule has 0 saturated heterocycles. The number of hydrogen-bond acceptors (Lipinski definition) is 3. The highest BCUT2D eigenvalue weighted by molar-refractivity contribution is 5.46. The van der Waals surface area contributed by atoms with Crippen molar-refractivity contribution in [1.29, 1.82) is 0 Å². The largest absolute Gasteiger partial charge is 0.383 e. The topological polar surface area (TPSA) is 24.5 Å². The molecule has 102 valence electrons. The summed E-state index contributed by atoms with van der Waals surface area (Å²) in [5.74, 6) is 0. The maximum atomic E-state index is 4.99. The summed E-state index contributed by atoms with van der Waals surface area (Å²) in [5, 5.41) is 3.36. The van der Waals surface area contributed by atoms with E-state index in [1.165, 1.54) is 11.3 Å². The molecule has 0 unspecified atom stereocenters. The van der Waals surface area contributed by atoms with Gasteiger partial charge in [0.1, 0.15) is 0 Å². The Kier molecular flexibility index (Phi) is 7.46. The average Bonchev–Trinajstić information content (AvgIpc) is 2.42. The van der Waals surface area contributed by atoms with Gasteiger partial charge in [-0.3, -0.25) is 0 Å². The molecule has 0 aliphatic heterocycles. The number of nitrogens with one attached hydrogen (secondary N) is 1. The first-order chi connectivity index (χ1) is 8.77. The van der Waals surface area contributed by atoms with Crippen molar-refractivity contribution in [3.63, 3.8) is 0 Å². The van der Waals surface area contributed by atoms with E-state index in [-0.39, 0.29) is 0 Å². The second-order valence-electron chi connectivity index (χ2n) is 4.54. The Morgan fingerprint density at radius 2 is 1.89 bits per heavy atom. The molecule has 0 aliphatic rings. The van der Waals surface area contributed by atoms with Gasteiger partial charge in [0.15, 0.2) is 0 Å². The number of benzene rings is 1. The van der Waals surface area contributed by atoms with Crippen molar-refractivity contribution in [2.45, 2.75) is 19.8 Å². The number of hydrogen-bond donors (Lipinski definition) is 1. The zero-order valence-electron chi connectivity index (χ0n) is 11.9. The molecule has 0 aromatic heterocycles. The molecule has 18 heavy (non-hydrogen) atoms. The van der Waals surface area contributed by atoms with Crippen LogP contribution in [0.2, 0.25) is 0 Å². The highest BCUT2D eigenvalue weighted by Gasteiger charge is 2.00. The molecule has 1 aromatic rings. The van der Waals surface area contributed by atoms with E-state index in [4.69, 9.17) is 4.74 Å². The van der Waals surface area contributed by atoms with Crippen LogP contribution in [-0.2, 0) is 11.2 Å². The summed E-state index contributed by atoms with van der Waals surface area (Å²) in [4.78, 5) is 2.30. The number of methoxy groups -OCH3 is 1. The lowest BCUT2D eigenvalue weighted by Gasteiger charge is -2.19. The van der Waals surface area contributed by atoms with Crippen LogP contribution in [0, 0.1) is 0 Å². The first-order valence-electron chi connectivity index (χ1n) is 6.77. The van der Waals surface area contributed by atoms with Crippen molar-refractivity contribution in [2.24, 2.45) is 0 Å². The maximum Gasteiger partial charge on any atom is 0.0587 e. The molecule has 1 rings (SSSR count). The highest BCUT2D eigenvalue weighted by Crippen LogP contribution is 2.14. The normalized spacial score (nSPS) is 10.6. The predicted molar refractivity (Wildman–Crippen MR) is 78.5 cm³/mol. The van der Waals surface area contributed by atoms with E-state index in [0.717, 1.165) is 39.1 Å². The number of ether oxygens (including phenoxy) is 1. The smallest absolute Gasteiger partial charge is 0.0587 e. The Morgan fingerprint density at radius 1 is 1.17 bits per heavy atom. The van der Waals surface area contributed by atoms with Crippen molar-refractivity contribution in [1.82, 2.24) is 5.32 Å². The van der Waals surface area contributed by atoms with E-state index >= 15 is 0 Å². The fourth-order valence-corrected chi connectivity index (χ4v) is 1.86. The van der Waals surface area contributed by atoms with Crippen LogP contribution in [0.4, 0.5) is 5.69 Å². The second-order valence-corrected chi connectivity index (χ2v) is 4.54. The van der Waals surface area contributed by atoms with Crippen LogP contribution < -0.4 is 10.2 Å². The molecular weight excluding hydrogens is 224 g/mol. The van der Waals surface area contributed by atoms with Crippen LogP contribution in [0.1, 0.15) is 18.9 Å². The van der Waals surface area contributed by atoms with E-state index < -0.39 is 0 Å². The molecule has 0 bridgehead atoms. The lowest BCUT2D eigenvalue weighted by molar-refractivity contribution is 0.199. The van der Waals surface area contributed by atoms with Gasteiger partial charge in [-0.1, -0.05) is 19.1 Å². The van der Waals surface area contributed by atoms with Crippen molar-refractivity contribution >= 4 is 5.69 Å². The van der Waals surface area contributed by atoms with E-state index in [2.05, 4.69) is 48.5 Å². The van der Waals surface area contributed by atoms with Crippen molar-refractivity contribution in [2.75, 3.05) is 45.3 Å². The van der Waals surface area contributed by atoms with Gasteiger partial charge in [-0.25, -0.2) is 0 Å². The van der Waals surface area contributed by atoms with Crippen molar-refractivity contribution < 1.29 is 4.74 Å². The zero-order chi connectivity index (χ0) is 13.2. The molecule has 0 fully saturated rings. The van der Waals surface area contributed by atoms with Gasteiger partial charge in [-0.05, 0) is 37.1 Å². The summed E-state index contributed by atoms with van der Waals surface area (Å²) < 4.78 is 4.99. The van der Waals surface area contributed by atoms with Crippen LogP contribution in [0.25, 0.3) is 0 Å². The quantitative estimate of drug-likeness (QED) is 0.681. The summed E-state index contributed by atoms with van der Waals surface area (Å²) in [6.07, 6.45) is 2.25. The lowest BCUT2D eigenvalue weighted by Crippen LogP contribution is -2.25.